The average molecular weight is 392 g/mol. The van der Waals surface area contributed by atoms with Gasteiger partial charge in [0.15, 0.2) is 0 Å². The van der Waals surface area contributed by atoms with Crippen molar-refractivity contribution in [2.45, 2.75) is 19.9 Å². The molecule has 5 nitrogen and oxygen atoms in total. The molecule has 0 amide bonds. The van der Waals surface area contributed by atoms with E-state index < -0.39 is 5.56 Å². The van der Waals surface area contributed by atoms with Crippen molar-refractivity contribution in [3.63, 3.8) is 0 Å². The van der Waals surface area contributed by atoms with Gasteiger partial charge < -0.3 is 5.11 Å². The Kier molecular flexibility index (Phi) is 5.93. The summed E-state index contributed by atoms with van der Waals surface area (Å²) >= 11 is 5.88. The molecule has 0 spiro atoms. The molecule has 1 heterocycles. The largest absolute Gasteiger partial charge is 0.494 e. The summed E-state index contributed by atoms with van der Waals surface area (Å²) in [4.78, 5) is 17.0. The minimum Gasteiger partial charge on any atom is -0.494 e. The van der Waals surface area contributed by atoms with Crippen molar-refractivity contribution >= 4 is 23.5 Å². The predicted octanol–water partition coefficient (Wildman–Crippen LogP) is 4.38. The van der Waals surface area contributed by atoms with Crippen LogP contribution in [-0.2, 0) is 13.0 Å². The van der Waals surface area contributed by atoms with Crippen LogP contribution in [0.2, 0.25) is 5.02 Å². The van der Waals surface area contributed by atoms with Crippen LogP contribution in [0.15, 0.2) is 64.4 Å². The molecule has 0 aliphatic carbocycles. The van der Waals surface area contributed by atoms with Crippen molar-refractivity contribution < 1.29 is 5.11 Å². The summed E-state index contributed by atoms with van der Waals surface area (Å²) in [6.45, 7) is 1.88. The van der Waals surface area contributed by atoms with Crippen LogP contribution in [-0.4, -0.2) is 15.9 Å². The minimum absolute atomic E-state index is 0.00316. The lowest BCUT2D eigenvalue weighted by atomic mass is 10.1. The SMILES string of the molecule is Cc1c(C=Nc2ccc(Cl)cc2)c(O)n(CCc2ccccc2)c(=O)c1C#N. The van der Waals surface area contributed by atoms with Gasteiger partial charge in [0.1, 0.15) is 11.6 Å². The van der Waals surface area contributed by atoms with Crippen molar-refractivity contribution in [3.05, 3.63) is 92.2 Å². The van der Waals surface area contributed by atoms with E-state index in [1.165, 1.54) is 10.8 Å². The third kappa shape index (κ3) is 4.13. The summed E-state index contributed by atoms with van der Waals surface area (Å²) in [5, 5.41) is 20.7. The standard InChI is InChI=1S/C22H18ClN3O2/c1-15-19(13-24)21(27)26(12-11-16-5-3-2-4-6-16)22(28)20(15)14-25-18-9-7-17(23)8-10-18/h2-10,14,28H,11-12H2,1H3. The number of hydrogen-bond acceptors (Lipinski definition) is 4. The maximum absolute atomic E-state index is 12.6. The van der Waals surface area contributed by atoms with Gasteiger partial charge in [0.2, 0.25) is 5.88 Å². The van der Waals surface area contributed by atoms with Crippen molar-refractivity contribution in [1.29, 1.82) is 5.26 Å². The van der Waals surface area contributed by atoms with E-state index in [4.69, 9.17) is 11.6 Å². The molecule has 0 fully saturated rings. The van der Waals surface area contributed by atoms with Crippen molar-refractivity contribution in [1.82, 2.24) is 4.57 Å². The normalized spacial score (nSPS) is 10.9. The first-order valence-electron chi connectivity index (χ1n) is 8.71. The van der Waals surface area contributed by atoms with Gasteiger partial charge in [-0.05, 0) is 48.7 Å². The van der Waals surface area contributed by atoms with Crippen LogP contribution in [0.3, 0.4) is 0 Å². The van der Waals surface area contributed by atoms with E-state index >= 15 is 0 Å². The molecular formula is C22H18ClN3O2. The van der Waals surface area contributed by atoms with Crippen LogP contribution >= 0.6 is 11.6 Å². The smallest absolute Gasteiger partial charge is 0.271 e. The topological polar surface area (TPSA) is 78.4 Å². The second-order valence-corrected chi connectivity index (χ2v) is 6.71. The summed E-state index contributed by atoms with van der Waals surface area (Å²) in [7, 11) is 0. The third-order valence-corrected chi connectivity index (χ3v) is 4.73. The number of nitrogens with zero attached hydrogens (tertiary/aromatic N) is 3. The van der Waals surface area contributed by atoms with Crippen LogP contribution in [0.4, 0.5) is 5.69 Å². The average Bonchev–Trinajstić information content (AvgIpc) is 2.70. The molecule has 0 bridgehead atoms. The highest BCUT2D eigenvalue weighted by atomic mass is 35.5. The van der Waals surface area contributed by atoms with E-state index in [0.29, 0.717) is 28.3 Å². The Hall–Kier alpha value is -3.36. The molecule has 6 heteroatoms. The van der Waals surface area contributed by atoms with E-state index in [2.05, 4.69) is 4.99 Å². The highest BCUT2D eigenvalue weighted by molar-refractivity contribution is 6.30. The number of aliphatic imine (C=N–C) groups is 1. The first-order chi connectivity index (χ1) is 13.5. The summed E-state index contributed by atoms with van der Waals surface area (Å²) in [6.07, 6.45) is 2.02. The Morgan fingerprint density at radius 3 is 2.50 bits per heavy atom. The number of hydrogen-bond donors (Lipinski definition) is 1. The molecule has 3 aromatic rings. The molecule has 2 aromatic carbocycles. The van der Waals surface area contributed by atoms with Crippen molar-refractivity contribution in [2.24, 2.45) is 4.99 Å². The summed E-state index contributed by atoms with van der Waals surface area (Å²) in [5.41, 5.74) is 1.92. The first-order valence-corrected chi connectivity index (χ1v) is 9.09. The van der Waals surface area contributed by atoms with Gasteiger partial charge in [0, 0.05) is 17.8 Å². The Labute approximate surface area is 167 Å². The van der Waals surface area contributed by atoms with Crippen LogP contribution in [0.5, 0.6) is 5.88 Å². The molecule has 0 atom stereocenters. The lowest BCUT2D eigenvalue weighted by molar-refractivity contribution is 0.404. The first kappa shape index (κ1) is 19.4. The molecule has 1 N–H and O–H groups in total. The lowest BCUT2D eigenvalue weighted by Crippen LogP contribution is -2.26. The zero-order chi connectivity index (χ0) is 20.1. The maximum Gasteiger partial charge on any atom is 0.271 e. The molecule has 3 rings (SSSR count). The van der Waals surface area contributed by atoms with E-state index in [1.54, 1.807) is 31.2 Å². The summed E-state index contributed by atoms with van der Waals surface area (Å²) in [6, 6.07) is 18.5. The molecule has 0 aliphatic heterocycles. The van der Waals surface area contributed by atoms with E-state index in [1.807, 2.05) is 36.4 Å². The summed E-state index contributed by atoms with van der Waals surface area (Å²) in [5.74, 6) is -0.199. The second-order valence-electron chi connectivity index (χ2n) is 6.28. The Bertz CT molecular complexity index is 1110. The molecule has 0 unspecified atom stereocenters. The Morgan fingerprint density at radius 1 is 1.18 bits per heavy atom. The Morgan fingerprint density at radius 2 is 1.86 bits per heavy atom. The lowest BCUT2D eigenvalue weighted by Gasteiger charge is -2.14. The summed E-state index contributed by atoms with van der Waals surface area (Å²) < 4.78 is 1.22. The maximum atomic E-state index is 12.6. The van der Waals surface area contributed by atoms with E-state index in [-0.39, 0.29) is 18.0 Å². The Balaban J connectivity index is 2.01. The third-order valence-electron chi connectivity index (χ3n) is 4.48. The van der Waals surface area contributed by atoms with Gasteiger partial charge in [-0.15, -0.1) is 0 Å². The quantitative estimate of drug-likeness (QED) is 0.655. The number of aryl methyl sites for hydroxylation is 1. The van der Waals surface area contributed by atoms with Crippen LogP contribution in [0.25, 0.3) is 0 Å². The van der Waals surface area contributed by atoms with Crippen LogP contribution < -0.4 is 5.56 Å². The second kappa shape index (κ2) is 8.55. The molecule has 28 heavy (non-hydrogen) atoms. The van der Waals surface area contributed by atoms with Crippen LogP contribution in [0.1, 0.15) is 22.3 Å². The van der Waals surface area contributed by atoms with Gasteiger partial charge >= 0.3 is 0 Å². The van der Waals surface area contributed by atoms with Gasteiger partial charge in [-0.25, -0.2) is 0 Å². The van der Waals surface area contributed by atoms with Gasteiger partial charge in [-0.1, -0.05) is 41.9 Å². The highest BCUT2D eigenvalue weighted by Crippen LogP contribution is 2.22. The fourth-order valence-electron chi connectivity index (χ4n) is 2.88. The van der Waals surface area contributed by atoms with Gasteiger partial charge in [-0.2, -0.15) is 5.26 Å². The zero-order valence-electron chi connectivity index (χ0n) is 15.3. The van der Waals surface area contributed by atoms with Gasteiger partial charge in [-0.3, -0.25) is 14.4 Å². The number of benzene rings is 2. The number of nitriles is 1. The number of rotatable bonds is 5. The van der Waals surface area contributed by atoms with Crippen molar-refractivity contribution in [2.75, 3.05) is 0 Å². The van der Waals surface area contributed by atoms with Gasteiger partial charge in [0.25, 0.3) is 5.56 Å². The minimum atomic E-state index is -0.503. The molecular weight excluding hydrogens is 374 g/mol. The van der Waals surface area contributed by atoms with Crippen LogP contribution in [0, 0.1) is 18.3 Å². The molecule has 0 saturated carbocycles. The van der Waals surface area contributed by atoms with Crippen molar-refractivity contribution in [3.8, 4) is 11.9 Å². The highest BCUT2D eigenvalue weighted by Gasteiger charge is 2.17. The number of halogens is 1. The molecule has 0 radical (unpaired) electrons. The fourth-order valence-corrected chi connectivity index (χ4v) is 3.01. The fraction of sp³-hybridized carbons (Fsp3) is 0.136. The van der Waals surface area contributed by atoms with E-state index in [0.717, 1.165) is 5.56 Å². The van der Waals surface area contributed by atoms with Gasteiger partial charge in [0.05, 0.1) is 11.3 Å². The number of aromatic hydroxyl groups is 1. The zero-order valence-corrected chi connectivity index (χ0v) is 16.0. The number of pyridine rings is 1. The van der Waals surface area contributed by atoms with E-state index in [9.17, 15) is 15.2 Å². The molecule has 140 valence electrons. The number of aromatic nitrogens is 1. The predicted molar refractivity (Wildman–Crippen MR) is 111 cm³/mol. The molecule has 0 saturated heterocycles. The molecule has 1 aromatic heterocycles. The molecule has 0 aliphatic rings. The monoisotopic (exact) mass is 391 g/mol.